The zero-order chi connectivity index (χ0) is 15.6. The van der Waals surface area contributed by atoms with Gasteiger partial charge in [-0.2, -0.15) is 0 Å². The van der Waals surface area contributed by atoms with Gasteiger partial charge in [-0.25, -0.2) is 0 Å². The second-order valence-corrected chi connectivity index (χ2v) is 6.96. The molecule has 0 unspecified atom stereocenters. The van der Waals surface area contributed by atoms with Crippen LogP contribution in [-0.2, 0) is 9.59 Å². The molecule has 0 saturated heterocycles. The van der Waals surface area contributed by atoms with E-state index in [1.54, 1.807) is 0 Å². The second-order valence-electron chi connectivity index (χ2n) is 6.96. The zero-order valence-electron chi connectivity index (χ0n) is 13.9. The van der Waals surface area contributed by atoms with Crippen LogP contribution in [0.25, 0.3) is 0 Å². The fourth-order valence-corrected chi connectivity index (χ4v) is 3.69. The van der Waals surface area contributed by atoms with Crippen LogP contribution in [0, 0.1) is 11.8 Å². The van der Waals surface area contributed by atoms with E-state index in [2.05, 4.69) is 10.6 Å². The first-order valence-corrected chi connectivity index (χ1v) is 9.33. The van der Waals surface area contributed by atoms with Crippen LogP contribution >= 0.6 is 0 Å². The van der Waals surface area contributed by atoms with Crippen LogP contribution in [0.1, 0.15) is 77.0 Å². The van der Waals surface area contributed by atoms with Gasteiger partial charge in [0, 0.05) is 24.9 Å². The number of hydrogen-bond acceptors (Lipinski definition) is 2. The lowest BCUT2D eigenvalue weighted by molar-refractivity contribution is -0.126. The topological polar surface area (TPSA) is 58.2 Å². The summed E-state index contributed by atoms with van der Waals surface area (Å²) in [5, 5.41) is 6.10. The molecule has 2 aliphatic rings. The molecule has 0 aromatic rings. The van der Waals surface area contributed by atoms with Gasteiger partial charge in [0.15, 0.2) is 0 Å². The highest BCUT2D eigenvalue weighted by Crippen LogP contribution is 2.24. The van der Waals surface area contributed by atoms with Crippen molar-refractivity contribution in [3.63, 3.8) is 0 Å². The van der Waals surface area contributed by atoms with Crippen molar-refractivity contribution in [2.45, 2.75) is 77.0 Å². The van der Waals surface area contributed by atoms with E-state index in [9.17, 15) is 9.59 Å². The van der Waals surface area contributed by atoms with Crippen molar-refractivity contribution < 1.29 is 9.59 Å². The van der Waals surface area contributed by atoms with Gasteiger partial charge in [-0.1, -0.05) is 38.5 Å². The Labute approximate surface area is 134 Å². The number of nitrogens with one attached hydrogen (secondary N) is 2. The van der Waals surface area contributed by atoms with E-state index in [0.29, 0.717) is 0 Å². The number of hydrogen-bond donors (Lipinski definition) is 2. The van der Waals surface area contributed by atoms with E-state index in [4.69, 9.17) is 0 Å². The molecule has 0 spiro atoms. The summed E-state index contributed by atoms with van der Waals surface area (Å²) in [4.78, 5) is 23.9. The maximum absolute atomic E-state index is 12.0. The fourth-order valence-electron chi connectivity index (χ4n) is 3.69. The van der Waals surface area contributed by atoms with Crippen molar-refractivity contribution in [2.24, 2.45) is 11.8 Å². The van der Waals surface area contributed by atoms with Gasteiger partial charge in [-0.3, -0.25) is 9.59 Å². The Morgan fingerprint density at radius 2 is 1.00 bits per heavy atom. The molecule has 2 amide bonds. The average Bonchev–Trinajstić information content (AvgIpc) is 2.59. The van der Waals surface area contributed by atoms with Crippen molar-refractivity contribution in [3.8, 4) is 0 Å². The molecule has 2 rings (SSSR count). The van der Waals surface area contributed by atoms with E-state index in [0.717, 1.165) is 51.6 Å². The van der Waals surface area contributed by atoms with Gasteiger partial charge in [0.2, 0.25) is 11.8 Å². The van der Waals surface area contributed by atoms with Gasteiger partial charge in [-0.05, 0) is 38.5 Å². The first-order valence-electron chi connectivity index (χ1n) is 9.33. The van der Waals surface area contributed by atoms with Crippen molar-refractivity contribution in [3.05, 3.63) is 0 Å². The Morgan fingerprint density at radius 1 is 0.636 bits per heavy atom. The summed E-state index contributed by atoms with van der Waals surface area (Å²) < 4.78 is 0. The number of rotatable bonds is 7. The third-order valence-corrected chi connectivity index (χ3v) is 5.15. The van der Waals surface area contributed by atoms with Gasteiger partial charge in [0.1, 0.15) is 0 Å². The minimum absolute atomic E-state index is 0.242. The molecule has 2 aliphatic carbocycles. The van der Waals surface area contributed by atoms with Gasteiger partial charge < -0.3 is 10.6 Å². The highest BCUT2D eigenvalue weighted by atomic mass is 16.2. The maximum Gasteiger partial charge on any atom is 0.223 e. The van der Waals surface area contributed by atoms with E-state index in [1.165, 1.54) is 38.5 Å². The van der Waals surface area contributed by atoms with Crippen molar-refractivity contribution in [1.29, 1.82) is 0 Å². The number of amides is 2. The molecular weight excluding hydrogens is 276 g/mol. The normalized spacial score (nSPS) is 20.5. The summed E-state index contributed by atoms with van der Waals surface area (Å²) in [7, 11) is 0. The van der Waals surface area contributed by atoms with Crippen molar-refractivity contribution in [2.75, 3.05) is 13.1 Å². The molecule has 0 aromatic heterocycles. The lowest BCUT2D eigenvalue weighted by Gasteiger charge is -2.21. The molecule has 0 heterocycles. The molecule has 0 atom stereocenters. The zero-order valence-corrected chi connectivity index (χ0v) is 13.9. The molecule has 0 radical (unpaired) electrons. The van der Waals surface area contributed by atoms with Crippen LogP contribution in [0.3, 0.4) is 0 Å². The molecule has 2 N–H and O–H groups in total. The summed E-state index contributed by atoms with van der Waals surface area (Å²) in [6.45, 7) is 1.49. The molecule has 2 saturated carbocycles. The lowest BCUT2D eigenvalue weighted by Crippen LogP contribution is -2.34. The highest BCUT2D eigenvalue weighted by molar-refractivity contribution is 5.79. The summed E-state index contributed by atoms with van der Waals surface area (Å²) in [6.07, 6.45) is 13.5. The Morgan fingerprint density at radius 3 is 1.36 bits per heavy atom. The van der Waals surface area contributed by atoms with E-state index < -0.39 is 0 Å². The highest BCUT2D eigenvalue weighted by Gasteiger charge is 2.21. The Hall–Kier alpha value is -1.06. The molecule has 126 valence electrons. The molecular formula is C18H32N2O2. The van der Waals surface area contributed by atoms with Crippen LogP contribution in [-0.4, -0.2) is 24.9 Å². The Kier molecular flexibility index (Phi) is 7.75. The predicted octanol–water partition coefficient (Wildman–Crippen LogP) is 3.16. The molecule has 4 nitrogen and oxygen atoms in total. The van der Waals surface area contributed by atoms with Crippen LogP contribution in [0.15, 0.2) is 0 Å². The smallest absolute Gasteiger partial charge is 0.223 e. The van der Waals surface area contributed by atoms with Crippen LogP contribution in [0.2, 0.25) is 0 Å². The third-order valence-electron chi connectivity index (χ3n) is 5.15. The number of unbranched alkanes of at least 4 members (excludes halogenated alkanes) is 1. The predicted molar refractivity (Wildman–Crippen MR) is 88.4 cm³/mol. The van der Waals surface area contributed by atoms with E-state index >= 15 is 0 Å². The molecule has 22 heavy (non-hydrogen) atoms. The molecule has 0 bridgehead atoms. The van der Waals surface area contributed by atoms with Crippen LogP contribution < -0.4 is 10.6 Å². The molecule has 2 fully saturated rings. The third kappa shape index (κ3) is 5.98. The minimum atomic E-state index is 0.242. The average molecular weight is 308 g/mol. The monoisotopic (exact) mass is 308 g/mol. The van der Waals surface area contributed by atoms with Crippen molar-refractivity contribution >= 4 is 11.8 Å². The summed E-state index contributed by atoms with van der Waals surface area (Å²) in [5.41, 5.74) is 0. The Bertz CT molecular complexity index is 311. The minimum Gasteiger partial charge on any atom is -0.356 e. The summed E-state index contributed by atoms with van der Waals surface area (Å²) in [6, 6.07) is 0. The van der Waals surface area contributed by atoms with Crippen LogP contribution in [0.5, 0.6) is 0 Å². The van der Waals surface area contributed by atoms with Crippen molar-refractivity contribution in [1.82, 2.24) is 10.6 Å². The molecule has 4 heteroatoms. The first-order chi connectivity index (χ1) is 10.8. The maximum atomic E-state index is 12.0. The van der Waals surface area contributed by atoms with Crippen LogP contribution in [0.4, 0.5) is 0 Å². The van der Waals surface area contributed by atoms with Gasteiger partial charge in [0.25, 0.3) is 0 Å². The lowest BCUT2D eigenvalue weighted by atomic mass is 9.88. The standard InChI is InChI=1S/C18H32N2O2/c21-17(15-9-3-1-4-10-15)19-13-7-8-14-20-18(22)16-11-5-2-6-12-16/h15-16H,1-14H2,(H,19,21)(H,20,22). The first kappa shape index (κ1) is 17.3. The number of carbonyl (C=O) groups is 2. The van der Waals surface area contributed by atoms with E-state index in [1.807, 2.05) is 0 Å². The fraction of sp³-hybridized carbons (Fsp3) is 0.889. The summed E-state index contributed by atoms with van der Waals surface area (Å²) in [5.74, 6) is 0.983. The summed E-state index contributed by atoms with van der Waals surface area (Å²) >= 11 is 0. The largest absolute Gasteiger partial charge is 0.356 e. The quantitative estimate of drug-likeness (QED) is 0.710. The van der Waals surface area contributed by atoms with E-state index in [-0.39, 0.29) is 23.7 Å². The SMILES string of the molecule is O=C(NCCCCNC(=O)C1CCCCC1)C1CCCCC1. The van der Waals surface area contributed by atoms with Gasteiger partial charge in [-0.15, -0.1) is 0 Å². The second kappa shape index (κ2) is 9.86. The number of carbonyl (C=O) groups excluding carboxylic acids is 2. The molecule has 0 aliphatic heterocycles. The molecule has 0 aromatic carbocycles. The Balaban J connectivity index is 1.46. The van der Waals surface area contributed by atoms with Gasteiger partial charge >= 0.3 is 0 Å². The van der Waals surface area contributed by atoms with Gasteiger partial charge in [0.05, 0.1) is 0 Å².